The van der Waals surface area contributed by atoms with Crippen molar-refractivity contribution in [1.82, 2.24) is 0 Å². The summed E-state index contributed by atoms with van der Waals surface area (Å²) in [6.07, 6.45) is 0. The van der Waals surface area contributed by atoms with E-state index in [-0.39, 0.29) is 0 Å². The standard InChI is InChI=1S/C11H6BrF3O3S2/c12-9-5-6(18-20(16,17)11(13,14)15)4-8-7(9)2-1-3-10(8)19/h1-5,19H. The molecular formula is C11H6BrF3O3S2. The largest absolute Gasteiger partial charge is 0.534 e. The maximum atomic E-state index is 12.3. The molecule has 0 bridgehead atoms. The monoisotopic (exact) mass is 386 g/mol. The van der Waals surface area contributed by atoms with Crippen LogP contribution in [-0.4, -0.2) is 13.9 Å². The molecule has 3 nitrogen and oxygen atoms in total. The van der Waals surface area contributed by atoms with E-state index in [2.05, 4.69) is 32.7 Å². The highest BCUT2D eigenvalue weighted by Gasteiger charge is 2.48. The molecule has 0 N–H and O–H groups in total. The minimum atomic E-state index is -5.69. The number of thiol groups is 1. The first-order valence-corrected chi connectivity index (χ1v) is 7.68. The van der Waals surface area contributed by atoms with Crippen LogP contribution in [0, 0.1) is 0 Å². The SMILES string of the molecule is O=S(=O)(Oc1cc(Br)c2cccc(S)c2c1)C(F)(F)F. The lowest BCUT2D eigenvalue weighted by Crippen LogP contribution is -2.28. The van der Waals surface area contributed by atoms with Crippen molar-refractivity contribution in [2.75, 3.05) is 0 Å². The second kappa shape index (κ2) is 5.12. The van der Waals surface area contributed by atoms with Gasteiger partial charge < -0.3 is 4.18 Å². The van der Waals surface area contributed by atoms with Gasteiger partial charge in [0.1, 0.15) is 5.75 Å². The third-order valence-electron chi connectivity index (χ3n) is 2.39. The highest BCUT2D eigenvalue weighted by molar-refractivity contribution is 9.10. The van der Waals surface area contributed by atoms with Crippen molar-refractivity contribution >= 4 is 49.4 Å². The number of halogens is 4. The molecule has 0 unspecified atom stereocenters. The molecule has 2 aromatic carbocycles. The Hall–Kier alpha value is -0.930. The van der Waals surface area contributed by atoms with Gasteiger partial charge in [0.25, 0.3) is 0 Å². The van der Waals surface area contributed by atoms with Crippen molar-refractivity contribution in [2.45, 2.75) is 10.4 Å². The van der Waals surface area contributed by atoms with Gasteiger partial charge in [0, 0.05) is 9.37 Å². The van der Waals surface area contributed by atoms with Crippen LogP contribution in [0.5, 0.6) is 5.75 Å². The highest BCUT2D eigenvalue weighted by Crippen LogP contribution is 2.35. The molecule has 0 saturated heterocycles. The fourth-order valence-corrected chi connectivity index (χ4v) is 2.81. The van der Waals surface area contributed by atoms with Gasteiger partial charge >= 0.3 is 15.6 Å². The molecule has 0 aromatic heterocycles. The molecule has 0 saturated carbocycles. The van der Waals surface area contributed by atoms with Crippen molar-refractivity contribution in [3.05, 3.63) is 34.8 Å². The second-order valence-electron chi connectivity index (χ2n) is 3.76. The predicted octanol–water partition coefficient (Wildman–Crippen LogP) is 4.12. The lowest BCUT2D eigenvalue weighted by molar-refractivity contribution is -0.0500. The molecule has 0 spiro atoms. The van der Waals surface area contributed by atoms with Gasteiger partial charge in [-0.3, -0.25) is 0 Å². The minimum absolute atomic E-state index is 0.401. The number of hydrogen-bond acceptors (Lipinski definition) is 4. The van der Waals surface area contributed by atoms with Gasteiger partial charge in [0.05, 0.1) is 0 Å². The molecule has 2 aromatic rings. The molecule has 0 aliphatic heterocycles. The summed E-state index contributed by atoms with van der Waals surface area (Å²) in [5, 5.41) is 1.15. The number of benzene rings is 2. The lowest BCUT2D eigenvalue weighted by atomic mass is 10.1. The third kappa shape index (κ3) is 2.89. The number of rotatable bonds is 2. The zero-order valence-corrected chi connectivity index (χ0v) is 12.8. The molecule has 0 heterocycles. The average Bonchev–Trinajstić information content (AvgIpc) is 2.28. The van der Waals surface area contributed by atoms with Crippen molar-refractivity contribution in [3.8, 4) is 5.75 Å². The van der Waals surface area contributed by atoms with Crippen LogP contribution in [0.3, 0.4) is 0 Å². The summed E-state index contributed by atoms with van der Waals surface area (Å²) in [4.78, 5) is 0.484. The van der Waals surface area contributed by atoms with Crippen LogP contribution in [0.4, 0.5) is 13.2 Å². The van der Waals surface area contributed by atoms with E-state index in [1.54, 1.807) is 18.2 Å². The normalized spacial score (nSPS) is 12.7. The maximum absolute atomic E-state index is 12.3. The van der Waals surface area contributed by atoms with Gasteiger partial charge in [-0.05, 0) is 29.0 Å². The van der Waals surface area contributed by atoms with Gasteiger partial charge in [-0.15, -0.1) is 12.6 Å². The van der Waals surface area contributed by atoms with E-state index in [0.29, 0.717) is 20.1 Å². The van der Waals surface area contributed by atoms with E-state index in [4.69, 9.17) is 0 Å². The Bertz CT molecular complexity index is 772. The second-order valence-corrected chi connectivity index (χ2v) is 6.63. The van der Waals surface area contributed by atoms with Crippen molar-refractivity contribution < 1.29 is 25.8 Å². The van der Waals surface area contributed by atoms with Crippen molar-refractivity contribution in [2.24, 2.45) is 0 Å². The van der Waals surface area contributed by atoms with Gasteiger partial charge in [-0.2, -0.15) is 21.6 Å². The molecule has 0 atom stereocenters. The van der Waals surface area contributed by atoms with Crippen LogP contribution in [0.1, 0.15) is 0 Å². The molecule has 0 fully saturated rings. The summed E-state index contributed by atoms with van der Waals surface area (Å²) >= 11 is 7.32. The zero-order chi connectivity index (χ0) is 15.1. The quantitative estimate of drug-likeness (QED) is 0.479. The van der Waals surface area contributed by atoms with E-state index in [9.17, 15) is 21.6 Å². The predicted molar refractivity (Wildman–Crippen MR) is 74.5 cm³/mol. The Morgan fingerprint density at radius 1 is 1.15 bits per heavy atom. The average molecular weight is 387 g/mol. The Labute approximate surface area is 126 Å². The smallest absolute Gasteiger partial charge is 0.376 e. The Morgan fingerprint density at radius 3 is 2.40 bits per heavy atom. The number of alkyl halides is 3. The summed E-state index contributed by atoms with van der Waals surface area (Å²) in [5.74, 6) is -0.441. The number of hydrogen-bond donors (Lipinski definition) is 1. The first kappa shape index (κ1) is 15.5. The molecule has 20 heavy (non-hydrogen) atoms. The molecule has 0 aliphatic carbocycles. The highest BCUT2D eigenvalue weighted by atomic mass is 79.9. The van der Waals surface area contributed by atoms with Crippen LogP contribution in [0.25, 0.3) is 10.8 Å². The summed E-state index contributed by atoms with van der Waals surface area (Å²) in [5.41, 5.74) is -5.48. The van der Waals surface area contributed by atoms with Crippen LogP contribution >= 0.6 is 28.6 Å². The minimum Gasteiger partial charge on any atom is -0.376 e. The van der Waals surface area contributed by atoms with Crippen LogP contribution in [0.2, 0.25) is 0 Å². The molecule has 0 radical (unpaired) electrons. The summed E-state index contributed by atoms with van der Waals surface area (Å²) in [7, 11) is -5.69. The van der Waals surface area contributed by atoms with Crippen LogP contribution < -0.4 is 4.18 Å². The Morgan fingerprint density at radius 2 is 1.80 bits per heavy atom. The van der Waals surface area contributed by atoms with Gasteiger partial charge in [0.2, 0.25) is 0 Å². The molecular weight excluding hydrogens is 381 g/mol. The van der Waals surface area contributed by atoms with Gasteiger partial charge in [0.15, 0.2) is 0 Å². The van der Waals surface area contributed by atoms with E-state index in [1.807, 2.05) is 0 Å². The fourth-order valence-electron chi connectivity index (χ4n) is 1.52. The topological polar surface area (TPSA) is 43.4 Å². The fraction of sp³-hybridized carbons (Fsp3) is 0.0909. The van der Waals surface area contributed by atoms with Gasteiger partial charge in [-0.25, -0.2) is 0 Å². The summed E-state index contributed by atoms with van der Waals surface area (Å²) in [6.45, 7) is 0. The number of fused-ring (bicyclic) bond motifs is 1. The molecule has 0 amide bonds. The molecule has 108 valence electrons. The van der Waals surface area contributed by atoms with E-state index < -0.39 is 21.4 Å². The van der Waals surface area contributed by atoms with E-state index in [1.165, 1.54) is 6.07 Å². The molecule has 0 aliphatic rings. The molecule has 2 rings (SSSR count). The zero-order valence-electron chi connectivity index (χ0n) is 9.48. The van der Waals surface area contributed by atoms with E-state index in [0.717, 1.165) is 6.07 Å². The first-order valence-electron chi connectivity index (χ1n) is 5.04. The summed E-state index contributed by atoms with van der Waals surface area (Å²) < 4.78 is 63.3. The van der Waals surface area contributed by atoms with Crippen molar-refractivity contribution in [1.29, 1.82) is 0 Å². The van der Waals surface area contributed by atoms with E-state index >= 15 is 0 Å². The first-order chi connectivity index (χ1) is 9.12. The third-order valence-corrected chi connectivity index (χ3v) is 4.41. The lowest BCUT2D eigenvalue weighted by Gasteiger charge is -2.11. The van der Waals surface area contributed by atoms with Crippen molar-refractivity contribution in [3.63, 3.8) is 0 Å². The van der Waals surface area contributed by atoms with Crippen LogP contribution in [-0.2, 0) is 10.1 Å². The van der Waals surface area contributed by atoms with Crippen LogP contribution in [0.15, 0.2) is 39.7 Å². The Balaban J connectivity index is 2.56. The Kier molecular flexibility index (Phi) is 3.96. The van der Waals surface area contributed by atoms with Gasteiger partial charge in [-0.1, -0.05) is 28.1 Å². The molecule has 9 heteroatoms. The summed E-state index contributed by atoms with van der Waals surface area (Å²) in [6, 6.07) is 7.38. The maximum Gasteiger partial charge on any atom is 0.534 e.